The third-order valence-electron chi connectivity index (χ3n) is 5.53. The van der Waals surface area contributed by atoms with Crippen LogP contribution in [0.4, 0.5) is 5.13 Å². The first-order valence-corrected chi connectivity index (χ1v) is 10.6. The van der Waals surface area contributed by atoms with Gasteiger partial charge in [-0.2, -0.15) is 0 Å². The molecule has 1 aliphatic carbocycles. The van der Waals surface area contributed by atoms with Gasteiger partial charge in [0.25, 0.3) is 0 Å². The van der Waals surface area contributed by atoms with E-state index < -0.39 is 11.9 Å². The summed E-state index contributed by atoms with van der Waals surface area (Å²) in [4.78, 5) is 43.6. The summed E-state index contributed by atoms with van der Waals surface area (Å²) in [6.45, 7) is 1.59. The maximum absolute atomic E-state index is 12.7. The highest BCUT2D eigenvalue weighted by Crippen LogP contribution is 2.39. The summed E-state index contributed by atoms with van der Waals surface area (Å²) in [5, 5.41) is 5.52. The first kappa shape index (κ1) is 19.1. The van der Waals surface area contributed by atoms with Crippen LogP contribution in [0.25, 0.3) is 11.3 Å². The summed E-state index contributed by atoms with van der Waals surface area (Å²) in [5.74, 6) is -1.37. The molecular weight excluding hydrogens is 398 g/mol. The zero-order chi connectivity index (χ0) is 19.8. The van der Waals surface area contributed by atoms with Gasteiger partial charge in [-0.25, -0.2) is 4.98 Å². The van der Waals surface area contributed by atoms with Gasteiger partial charge in [-0.3, -0.25) is 19.3 Å². The molecule has 3 amide bonds. The lowest BCUT2D eigenvalue weighted by atomic mass is 9.81. The molecule has 1 aliphatic heterocycles. The van der Waals surface area contributed by atoms with E-state index in [1.807, 2.05) is 23.6 Å². The number of thiazole rings is 1. The predicted octanol–water partition coefficient (Wildman–Crippen LogP) is 3.97. The molecule has 1 N–H and O–H groups in total. The van der Waals surface area contributed by atoms with Crippen molar-refractivity contribution in [3.63, 3.8) is 0 Å². The van der Waals surface area contributed by atoms with E-state index in [9.17, 15) is 14.4 Å². The zero-order valence-electron chi connectivity index (χ0n) is 15.4. The molecule has 2 fully saturated rings. The Morgan fingerprint density at radius 1 is 1.21 bits per heavy atom. The molecule has 2 aromatic rings. The molecule has 1 aromatic heterocycles. The Kier molecular flexibility index (Phi) is 5.21. The van der Waals surface area contributed by atoms with Gasteiger partial charge in [0.15, 0.2) is 5.13 Å². The molecule has 8 heteroatoms. The van der Waals surface area contributed by atoms with Crippen molar-refractivity contribution in [2.24, 2.45) is 11.8 Å². The fraction of sp³-hybridized carbons (Fsp3) is 0.400. The van der Waals surface area contributed by atoms with E-state index in [2.05, 4.69) is 10.3 Å². The number of hydrogen-bond donors (Lipinski definition) is 1. The third kappa shape index (κ3) is 3.33. The van der Waals surface area contributed by atoms with Gasteiger partial charge in [0, 0.05) is 16.0 Å². The van der Waals surface area contributed by atoms with E-state index in [1.54, 1.807) is 13.0 Å². The number of rotatable bonds is 4. The highest BCUT2D eigenvalue weighted by Gasteiger charge is 2.50. The number of amides is 3. The van der Waals surface area contributed by atoms with E-state index in [1.165, 1.54) is 11.3 Å². The second-order valence-electron chi connectivity index (χ2n) is 7.23. The van der Waals surface area contributed by atoms with Crippen molar-refractivity contribution in [1.29, 1.82) is 0 Å². The molecule has 3 atom stereocenters. The van der Waals surface area contributed by atoms with Gasteiger partial charge in [-0.15, -0.1) is 11.3 Å². The van der Waals surface area contributed by atoms with Crippen molar-refractivity contribution in [3.8, 4) is 11.3 Å². The molecule has 28 heavy (non-hydrogen) atoms. The number of nitrogens with one attached hydrogen (secondary N) is 1. The number of hydrogen-bond acceptors (Lipinski definition) is 5. The van der Waals surface area contributed by atoms with Crippen LogP contribution in [0.3, 0.4) is 0 Å². The average molecular weight is 418 g/mol. The Balaban J connectivity index is 1.48. The van der Waals surface area contributed by atoms with Crippen molar-refractivity contribution in [1.82, 2.24) is 9.88 Å². The van der Waals surface area contributed by atoms with Crippen LogP contribution in [-0.4, -0.2) is 33.6 Å². The molecule has 0 radical (unpaired) electrons. The number of carbonyl (C=O) groups is 3. The Bertz CT molecular complexity index is 920. The summed E-state index contributed by atoms with van der Waals surface area (Å²) < 4.78 is 0. The Hall–Kier alpha value is -2.25. The molecule has 2 aliphatic rings. The first-order chi connectivity index (χ1) is 13.5. The van der Waals surface area contributed by atoms with Crippen LogP contribution in [-0.2, 0) is 14.4 Å². The van der Waals surface area contributed by atoms with Crippen molar-refractivity contribution in [3.05, 3.63) is 34.7 Å². The number of nitrogens with zero attached hydrogens (tertiary/aromatic N) is 2. The van der Waals surface area contributed by atoms with Crippen LogP contribution in [0.15, 0.2) is 29.6 Å². The third-order valence-corrected chi connectivity index (χ3v) is 6.61. The molecular formula is C20H20ClN3O3S. The van der Waals surface area contributed by atoms with Crippen LogP contribution >= 0.6 is 22.9 Å². The van der Waals surface area contributed by atoms with Crippen LogP contribution in [0.5, 0.6) is 0 Å². The Morgan fingerprint density at radius 3 is 2.50 bits per heavy atom. The number of benzene rings is 1. The number of imide groups is 1. The maximum atomic E-state index is 12.7. The Morgan fingerprint density at radius 2 is 1.86 bits per heavy atom. The predicted molar refractivity (Wildman–Crippen MR) is 108 cm³/mol. The van der Waals surface area contributed by atoms with Crippen LogP contribution < -0.4 is 5.32 Å². The summed E-state index contributed by atoms with van der Waals surface area (Å²) >= 11 is 7.47. The fourth-order valence-corrected chi connectivity index (χ4v) is 4.97. The number of anilines is 1. The maximum Gasteiger partial charge on any atom is 0.249 e. The highest BCUT2D eigenvalue weighted by atomic mass is 35.5. The van der Waals surface area contributed by atoms with Crippen molar-refractivity contribution in [2.75, 3.05) is 5.32 Å². The standard InChI is InChI=1S/C20H20ClN3O3S/c1-11(24-18(26)12-6-2-3-7-13(12)19(24)27)17(25)23-20-22-16(10-28-20)14-8-4-5-9-15(14)21/h4-5,8-13H,2-3,6-7H2,1H3,(H,22,23,25). The van der Waals surface area contributed by atoms with Crippen LogP contribution in [0.2, 0.25) is 5.02 Å². The zero-order valence-corrected chi connectivity index (χ0v) is 16.9. The second kappa shape index (κ2) is 7.64. The fourth-order valence-electron chi connectivity index (χ4n) is 4.02. The average Bonchev–Trinajstić information content (AvgIpc) is 3.25. The van der Waals surface area contributed by atoms with E-state index in [0.29, 0.717) is 15.8 Å². The Labute approximate surface area is 171 Å². The number of aromatic nitrogens is 1. The number of halogens is 1. The summed E-state index contributed by atoms with van der Waals surface area (Å²) in [5.41, 5.74) is 1.45. The molecule has 0 bridgehead atoms. The lowest BCUT2D eigenvalue weighted by molar-refractivity contribution is -0.146. The lowest BCUT2D eigenvalue weighted by Gasteiger charge is -2.21. The largest absolute Gasteiger partial charge is 0.300 e. The van der Waals surface area contributed by atoms with Gasteiger partial charge in [-0.1, -0.05) is 42.6 Å². The SMILES string of the molecule is CC(C(=O)Nc1nc(-c2ccccc2Cl)cs1)N1C(=O)C2CCCCC2C1=O. The van der Waals surface area contributed by atoms with E-state index in [-0.39, 0.29) is 23.7 Å². The van der Waals surface area contributed by atoms with E-state index in [4.69, 9.17) is 11.6 Å². The topological polar surface area (TPSA) is 79.4 Å². The van der Waals surface area contributed by atoms with E-state index >= 15 is 0 Å². The molecule has 6 nitrogen and oxygen atoms in total. The van der Waals surface area contributed by atoms with Crippen molar-refractivity contribution < 1.29 is 14.4 Å². The van der Waals surface area contributed by atoms with Gasteiger partial charge < -0.3 is 5.32 Å². The smallest absolute Gasteiger partial charge is 0.249 e. The second-order valence-corrected chi connectivity index (χ2v) is 8.49. The quantitative estimate of drug-likeness (QED) is 0.763. The highest BCUT2D eigenvalue weighted by molar-refractivity contribution is 7.14. The summed E-state index contributed by atoms with van der Waals surface area (Å²) in [6.07, 6.45) is 3.37. The first-order valence-electron chi connectivity index (χ1n) is 9.35. The number of likely N-dealkylation sites (tertiary alicyclic amines) is 1. The van der Waals surface area contributed by atoms with Gasteiger partial charge in [0.2, 0.25) is 17.7 Å². The minimum Gasteiger partial charge on any atom is -0.300 e. The minimum absolute atomic E-state index is 0.215. The van der Waals surface area contributed by atoms with Gasteiger partial charge in [0.05, 0.1) is 17.5 Å². The molecule has 1 saturated heterocycles. The molecule has 4 rings (SSSR count). The van der Waals surface area contributed by atoms with Gasteiger partial charge >= 0.3 is 0 Å². The molecule has 2 heterocycles. The normalized spacial score (nSPS) is 22.9. The van der Waals surface area contributed by atoms with Crippen LogP contribution in [0, 0.1) is 11.8 Å². The summed E-state index contributed by atoms with van der Waals surface area (Å²) in [6, 6.07) is 6.48. The van der Waals surface area contributed by atoms with Crippen LogP contribution in [0.1, 0.15) is 32.6 Å². The molecule has 146 valence electrons. The summed E-state index contributed by atoms with van der Waals surface area (Å²) in [7, 11) is 0. The number of fused-ring (bicyclic) bond motifs is 1. The monoisotopic (exact) mass is 417 g/mol. The molecule has 3 unspecified atom stereocenters. The minimum atomic E-state index is -0.863. The lowest BCUT2D eigenvalue weighted by Crippen LogP contribution is -2.46. The number of carbonyl (C=O) groups excluding carboxylic acids is 3. The molecule has 0 spiro atoms. The van der Waals surface area contributed by atoms with Crippen molar-refractivity contribution in [2.45, 2.75) is 38.6 Å². The molecule has 1 aromatic carbocycles. The van der Waals surface area contributed by atoms with Gasteiger partial charge in [0.1, 0.15) is 6.04 Å². The van der Waals surface area contributed by atoms with Gasteiger partial charge in [-0.05, 0) is 25.8 Å². The van der Waals surface area contributed by atoms with Crippen molar-refractivity contribution >= 4 is 45.8 Å². The van der Waals surface area contributed by atoms with E-state index in [0.717, 1.165) is 36.1 Å². The molecule has 1 saturated carbocycles.